The van der Waals surface area contributed by atoms with Gasteiger partial charge in [0.25, 0.3) is 0 Å². The monoisotopic (exact) mass is 367 g/mol. The van der Waals surface area contributed by atoms with E-state index in [0.29, 0.717) is 6.61 Å². The maximum absolute atomic E-state index is 6.22. The number of anilines is 1. The van der Waals surface area contributed by atoms with Crippen LogP contribution in [-0.2, 0) is 19.6 Å². The van der Waals surface area contributed by atoms with E-state index in [-0.39, 0.29) is 0 Å². The molecule has 0 unspecified atom stereocenters. The molecular weight excluding hydrogens is 342 g/mol. The van der Waals surface area contributed by atoms with E-state index in [2.05, 4.69) is 85.0 Å². The molecule has 4 rings (SSSR count). The van der Waals surface area contributed by atoms with Gasteiger partial charge in [0.15, 0.2) is 0 Å². The van der Waals surface area contributed by atoms with E-state index >= 15 is 0 Å². The summed E-state index contributed by atoms with van der Waals surface area (Å²) in [5.41, 5.74) is 4.83. The number of aryl methyl sites for hydroxylation is 1. The standard InChI is InChI=1S/C26H25NO/c1-2-20-12-15-23(16-13-20)27-18-25-24-11-7-6-10-22(24)14-17-26(25)28-19-21-8-4-3-5-9-21/h3-17,27H,2,18-19H2,1H3. The Morgan fingerprint density at radius 1 is 0.714 bits per heavy atom. The van der Waals surface area contributed by atoms with Crippen LogP contribution in [0.4, 0.5) is 5.69 Å². The van der Waals surface area contributed by atoms with E-state index in [1.165, 1.54) is 27.5 Å². The lowest BCUT2D eigenvalue weighted by atomic mass is 10.0. The number of rotatable bonds is 7. The average molecular weight is 367 g/mol. The van der Waals surface area contributed by atoms with Crippen molar-refractivity contribution in [1.29, 1.82) is 0 Å². The van der Waals surface area contributed by atoms with E-state index < -0.39 is 0 Å². The first kappa shape index (κ1) is 18.1. The normalized spacial score (nSPS) is 10.8. The van der Waals surface area contributed by atoms with E-state index in [9.17, 15) is 0 Å². The van der Waals surface area contributed by atoms with Crippen LogP contribution < -0.4 is 10.1 Å². The van der Waals surface area contributed by atoms with E-state index in [4.69, 9.17) is 4.74 Å². The second-order valence-corrected chi connectivity index (χ2v) is 6.94. The van der Waals surface area contributed by atoms with Gasteiger partial charge in [0.05, 0.1) is 0 Å². The highest BCUT2D eigenvalue weighted by atomic mass is 16.5. The summed E-state index contributed by atoms with van der Waals surface area (Å²) in [4.78, 5) is 0. The van der Waals surface area contributed by atoms with Crippen LogP contribution in [0.3, 0.4) is 0 Å². The Bertz CT molecular complexity index is 1040. The number of fused-ring (bicyclic) bond motifs is 1. The Kier molecular flexibility index (Phi) is 5.58. The Morgan fingerprint density at radius 3 is 2.25 bits per heavy atom. The van der Waals surface area contributed by atoms with E-state index in [0.717, 1.165) is 24.4 Å². The topological polar surface area (TPSA) is 21.3 Å². The quantitative estimate of drug-likeness (QED) is 0.398. The fraction of sp³-hybridized carbons (Fsp3) is 0.154. The molecule has 0 aliphatic rings. The first-order chi connectivity index (χ1) is 13.8. The average Bonchev–Trinajstić information content (AvgIpc) is 2.77. The molecular formula is C26H25NO. The molecule has 0 aromatic heterocycles. The molecule has 140 valence electrons. The number of ether oxygens (including phenoxy) is 1. The summed E-state index contributed by atoms with van der Waals surface area (Å²) in [6, 6.07) is 31.6. The van der Waals surface area contributed by atoms with Gasteiger partial charge in [-0.3, -0.25) is 0 Å². The molecule has 0 aliphatic carbocycles. The van der Waals surface area contributed by atoms with Gasteiger partial charge in [0.1, 0.15) is 12.4 Å². The largest absolute Gasteiger partial charge is 0.489 e. The summed E-state index contributed by atoms with van der Waals surface area (Å²) in [7, 11) is 0. The Hall–Kier alpha value is -3.26. The van der Waals surface area contributed by atoms with Crippen molar-refractivity contribution in [3.05, 3.63) is 108 Å². The maximum atomic E-state index is 6.22. The molecule has 0 saturated heterocycles. The van der Waals surface area contributed by atoms with Gasteiger partial charge in [-0.15, -0.1) is 0 Å². The summed E-state index contributed by atoms with van der Waals surface area (Å²) < 4.78 is 6.22. The molecule has 0 fully saturated rings. The van der Waals surface area contributed by atoms with Crippen molar-refractivity contribution in [2.45, 2.75) is 26.5 Å². The summed E-state index contributed by atoms with van der Waals surface area (Å²) in [5, 5.41) is 6.02. The van der Waals surface area contributed by atoms with Crippen molar-refractivity contribution < 1.29 is 4.74 Å². The summed E-state index contributed by atoms with van der Waals surface area (Å²) in [6.45, 7) is 3.46. The van der Waals surface area contributed by atoms with Crippen LogP contribution in [0.2, 0.25) is 0 Å². The molecule has 2 nitrogen and oxygen atoms in total. The third-order valence-electron chi connectivity index (χ3n) is 5.07. The van der Waals surface area contributed by atoms with Gasteiger partial charge in [-0.2, -0.15) is 0 Å². The van der Waals surface area contributed by atoms with Crippen molar-refractivity contribution in [1.82, 2.24) is 0 Å². The van der Waals surface area contributed by atoms with Crippen molar-refractivity contribution in [2.24, 2.45) is 0 Å². The summed E-state index contributed by atoms with van der Waals surface area (Å²) in [5.74, 6) is 0.931. The first-order valence-corrected chi connectivity index (χ1v) is 9.83. The fourth-order valence-corrected chi connectivity index (χ4v) is 3.42. The van der Waals surface area contributed by atoms with Crippen LogP contribution in [0, 0.1) is 0 Å². The molecule has 28 heavy (non-hydrogen) atoms. The van der Waals surface area contributed by atoms with Gasteiger partial charge >= 0.3 is 0 Å². The minimum Gasteiger partial charge on any atom is -0.489 e. The van der Waals surface area contributed by atoms with Crippen LogP contribution in [0.1, 0.15) is 23.6 Å². The zero-order valence-electron chi connectivity index (χ0n) is 16.2. The molecule has 0 radical (unpaired) electrons. The number of hydrogen-bond acceptors (Lipinski definition) is 2. The molecule has 0 heterocycles. The molecule has 4 aromatic rings. The van der Waals surface area contributed by atoms with E-state index in [1.807, 2.05) is 18.2 Å². The highest BCUT2D eigenvalue weighted by molar-refractivity contribution is 5.88. The minimum absolute atomic E-state index is 0.567. The molecule has 0 spiro atoms. The Balaban J connectivity index is 1.59. The zero-order valence-corrected chi connectivity index (χ0v) is 16.2. The third kappa shape index (κ3) is 4.17. The zero-order chi connectivity index (χ0) is 19.2. The molecule has 0 amide bonds. The molecule has 0 bridgehead atoms. The first-order valence-electron chi connectivity index (χ1n) is 9.83. The maximum Gasteiger partial charge on any atom is 0.125 e. The highest BCUT2D eigenvalue weighted by Crippen LogP contribution is 2.29. The number of benzene rings is 4. The van der Waals surface area contributed by atoms with Crippen LogP contribution >= 0.6 is 0 Å². The SMILES string of the molecule is CCc1ccc(NCc2c(OCc3ccccc3)ccc3ccccc23)cc1. The van der Waals surface area contributed by atoms with Crippen LogP contribution in [0.5, 0.6) is 5.75 Å². The van der Waals surface area contributed by atoms with Gasteiger partial charge in [-0.25, -0.2) is 0 Å². The number of hydrogen-bond donors (Lipinski definition) is 1. The lowest BCUT2D eigenvalue weighted by molar-refractivity contribution is 0.304. The van der Waals surface area contributed by atoms with Crippen LogP contribution in [-0.4, -0.2) is 0 Å². The van der Waals surface area contributed by atoms with Gasteiger partial charge in [-0.1, -0.05) is 79.7 Å². The second-order valence-electron chi connectivity index (χ2n) is 6.94. The Morgan fingerprint density at radius 2 is 1.46 bits per heavy atom. The molecule has 2 heteroatoms. The lowest BCUT2D eigenvalue weighted by Gasteiger charge is -2.16. The Labute approximate surface area is 166 Å². The van der Waals surface area contributed by atoms with Crippen LogP contribution in [0.15, 0.2) is 91.0 Å². The lowest BCUT2D eigenvalue weighted by Crippen LogP contribution is -2.04. The third-order valence-corrected chi connectivity index (χ3v) is 5.07. The fourth-order valence-electron chi connectivity index (χ4n) is 3.42. The van der Waals surface area contributed by atoms with Gasteiger partial charge in [0, 0.05) is 17.8 Å². The highest BCUT2D eigenvalue weighted by Gasteiger charge is 2.09. The molecule has 0 aliphatic heterocycles. The molecule has 0 atom stereocenters. The van der Waals surface area contributed by atoms with Gasteiger partial charge in [0.2, 0.25) is 0 Å². The summed E-state index contributed by atoms with van der Waals surface area (Å²) in [6.07, 6.45) is 1.06. The smallest absolute Gasteiger partial charge is 0.125 e. The van der Waals surface area contributed by atoms with E-state index in [1.54, 1.807) is 0 Å². The van der Waals surface area contributed by atoms with Crippen molar-refractivity contribution in [3.63, 3.8) is 0 Å². The predicted molar refractivity (Wildman–Crippen MR) is 118 cm³/mol. The predicted octanol–water partition coefficient (Wildman–Crippen LogP) is 6.59. The minimum atomic E-state index is 0.567. The van der Waals surface area contributed by atoms with Crippen molar-refractivity contribution in [3.8, 4) is 5.75 Å². The van der Waals surface area contributed by atoms with Crippen molar-refractivity contribution in [2.75, 3.05) is 5.32 Å². The van der Waals surface area contributed by atoms with Gasteiger partial charge < -0.3 is 10.1 Å². The van der Waals surface area contributed by atoms with Crippen LogP contribution in [0.25, 0.3) is 10.8 Å². The molecule has 0 saturated carbocycles. The van der Waals surface area contributed by atoms with Crippen molar-refractivity contribution >= 4 is 16.5 Å². The molecule has 4 aromatic carbocycles. The number of nitrogens with one attached hydrogen (secondary N) is 1. The second kappa shape index (κ2) is 8.62. The summed E-state index contributed by atoms with van der Waals surface area (Å²) >= 11 is 0. The van der Waals surface area contributed by atoms with Gasteiger partial charge in [-0.05, 0) is 46.5 Å². The molecule has 1 N–H and O–H groups in total.